The van der Waals surface area contributed by atoms with E-state index < -0.39 is 0 Å². The maximum atomic E-state index is 11.9. The standard InChI is InChI=1S/C20H23N3O2/c1-14-9-10-18(13-15(14)2)21-19(24)11-12-20(25)23-22-16(3)17-7-5-4-6-8-17/h4-10,13H,11-12H2,1-3H3,(H,21,24)(H,23,25). The molecule has 0 unspecified atom stereocenters. The molecule has 5 heteroatoms. The number of hydrogen-bond acceptors (Lipinski definition) is 3. The molecule has 0 heterocycles. The smallest absolute Gasteiger partial charge is 0.240 e. The number of hydrogen-bond donors (Lipinski definition) is 2. The third kappa shape index (κ3) is 5.88. The SMILES string of the molecule is CC(=NNC(=O)CCC(=O)Nc1ccc(C)c(C)c1)c1ccccc1. The molecular weight excluding hydrogens is 314 g/mol. The largest absolute Gasteiger partial charge is 0.326 e. The van der Waals surface area contributed by atoms with Crippen LogP contribution in [0.5, 0.6) is 0 Å². The van der Waals surface area contributed by atoms with E-state index in [4.69, 9.17) is 0 Å². The molecule has 0 spiro atoms. The fraction of sp³-hybridized carbons (Fsp3) is 0.250. The molecule has 0 atom stereocenters. The molecule has 0 aliphatic carbocycles. The van der Waals surface area contributed by atoms with Gasteiger partial charge in [-0.15, -0.1) is 0 Å². The zero-order chi connectivity index (χ0) is 18.2. The van der Waals surface area contributed by atoms with Crippen LogP contribution in [0.4, 0.5) is 5.69 Å². The lowest BCUT2D eigenvalue weighted by Gasteiger charge is -2.07. The molecule has 5 nitrogen and oxygen atoms in total. The summed E-state index contributed by atoms with van der Waals surface area (Å²) in [5.74, 6) is -0.479. The lowest BCUT2D eigenvalue weighted by Crippen LogP contribution is -2.21. The maximum Gasteiger partial charge on any atom is 0.240 e. The first kappa shape index (κ1) is 18.4. The van der Waals surface area contributed by atoms with Crippen molar-refractivity contribution in [2.45, 2.75) is 33.6 Å². The summed E-state index contributed by atoms with van der Waals surface area (Å²) < 4.78 is 0. The Bertz CT molecular complexity index is 783. The number of carbonyl (C=O) groups is 2. The van der Waals surface area contributed by atoms with Crippen molar-refractivity contribution in [3.8, 4) is 0 Å². The Labute approximate surface area is 148 Å². The molecule has 2 N–H and O–H groups in total. The number of aryl methyl sites for hydroxylation is 2. The Morgan fingerprint density at radius 1 is 0.920 bits per heavy atom. The highest BCUT2D eigenvalue weighted by molar-refractivity contribution is 5.99. The minimum Gasteiger partial charge on any atom is -0.326 e. The molecule has 130 valence electrons. The molecule has 0 bridgehead atoms. The van der Waals surface area contributed by atoms with Crippen LogP contribution in [-0.4, -0.2) is 17.5 Å². The molecule has 2 amide bonds. The highest BCUT2D eigenvalue weighted by atomic mass is 16.2. The van der Waals surface area contributed by atoms with E-state index in [0.29, 0.717) is 5.71 Å². The van der Waals surface area contributed by atoms with Crippen LogP contribution in [0.1, 0.15) is 36.5 Å². The highest BCUT2D eigenvalue weighted by Gasteiger charge is 2.08. The summed E-state index contributed by atoms with van der Waals surface area (Å²) in [5, 5.41) is 6.86. The molecule has 0 aliphatic rings. The van der Waals surface area contributed by atoms with Gasteiger partial charge < -0.3 is 5.32 Å². The summed E-state index contributed by atoms with van der Waals surface area (Å²) in [6.45, 7) is 5.83. The fourth-order valence-corrected chi connectivity index (χ4v) is 2.22. The zero-order valence-electron chi connectivity index (χ0n) is 14.8. The summed E-state index contributed by atoms with van der Waals surface area (Å²) in [6.07, 6.45) is 0.195. The second-order valence-corrected chi connectivity index (χ2v) is 5.95. The van der Waals surface area contributed by atoms with Gasteiger partial charge in [-0.2, -0.15) is 5.10 Å². The van der Waals surface area contributed by atoms with E-state index in [-0.39, 0.29) is 24.7 Å². The minimum absolute atomic E-state index is 0.0856. The van der Waals surface area contributed by atoms with Gasteiger partial charge in [0.2, 0.25) is 11.8 Å². The molecule has 25 heavy (non-hydrogen) atoms. The zero-order valence-corrected chi connectivity index (χ0v) is 14.8. The molecule has 0 radical (unpaired) electrons. The van der Waals surface area contributed by atoms with Gasteiger partial charge in [-0.1, -0.05) is 36.4 Å². The number of rotatable bonds is 6. The van der Waals surface area contributed by atoms with Crippen molar-refractivity contribution in [2.24, 2.45) is 5.10 Å². The van der Waals surface area contributed by atoms with E-state index in [0.717, 1.165) is 16.8 Å². The van der Waals surface area contributed by atoms with Crippen LogP contribution in [0.2, 0.25) is 0 Å². The molecule has 0 aliphatic heterocycles. The van der Waals surface area contributed by atoms with Crippen LogP contribution in [0.25, 0.3) is 0 Å². The lowest BCUT2D eigenvalue weighted by atomic mass is 10.1. The number of carbonyl (C=O) groups excluding carboxylic acids is 2. The predicted octanol–water partition coefficient (Wildman–Crippen LogP) is 3.56. The van der Waals surface area contributed by atoms with Crippen molar-refractivity contribution < 1.29 is 9.59 Å². The Hall–Kier alpha value is -2.95. The second-order valence-electron chi connectivity index (χ2n) is 5.95. The van der Waals surface area contributed by atoms with Crippen molar-refractivity contribution in [1.29, 1.82) is 0 Å². The summed E-state index contributed by atoms with van der Waals surface area (Å²) in [5.41, 5.74) is 7.17. The molecule has 2 aromatic carbocycles. The topological polar surface area (TPSA) is 70.6 Å². The second kappa shape index (κ2) is 8.78. The van der Waals surface area contributed by atoms with Crippen LogP contribution in [0.3, 0.4) is 0 Å². The first-order valence-corrected chi connectivity index (χ1v) is 8.21. The highest BCUT2D eigenvalue weighted by Crippen LogP contribution is 2.14. The van der Waals surface area contributed by atoms with E-state index in [1.807, 2.05) is 69.3 Å². The summed E-state index contributed by atoms with van der Waals surface area (Å²) in [4.78, 5) is 23.8. The van der Waals surface area contributed by atoms with E-state index >= 15 is 0 Å². The first-order valence-electron chi connectivity index (χ1n) is 8.21. The number of hydrazone groups is 1. The van der Waals surface area contributed by atoms with Gasteiger partial charge in [-0.3, -0.25) is 9.59 Å². The molecule has 2 rings (SSSR count). The van der Waals surface area contributed by atoms with Gasteiger partial charge in [-0.25, -0.2) is 5.43 Å². The monoisotopic (exact) mass is 337 g/mol. The van der Waals surface area contributed by atoms with E-state index in [1.165, 1.54) is 5.56 Å². The Kier molecular flexibility index (Phi) is 6.46. The third-order valence-corrected chi connectivity index (χ3v) is 3.91. The molecule has 2 aromatic rings. The summed E-state index contributed by atoms with van der Waals surface area (Å²) in [6, 6.07) is 15.3. The number of nitrogens with one attached hydrogen (secondary N) is 2. The summed E-state index contributed by atoms with van der Waals surface area (Å²) in [7, 11) is 0. The van der Waals surface area contributed by atoms with Gasteiger partial charge in [0, 0.05) is 18.5 Å². The predicted molar refractivity (Wildman–Crippen MR) is 101 cm³/mol. The number of benzene rings is 2. The molecule has 0 aromatic heterocycles. The quantitative estimate of drug-likeness (QED) is 0.625. The first-order chi connectivity index (χ1) is 12.0. The number of amides is 2. The van der Waals surface area contributed by atoms with E-state index in [9.17, 15) is 9.59 Å². The minimum atomic E-state index is -0.287. The Balaban J connectivity index is 1.79. The average molecular weight is 337 g/mol. The van der Waals surface area contributed by atoms with E-state index in [1.54, 1.807) is 0 Å². The summed E-state index contributed by atoms with van der Waals surface area (Å²) >= 11 is 0. The van der Waals surface area contributed by atoms with Crippen LogP contribution in [0, 0.1) is 13.8 Å². The van der Waals surface area contributed by atoms with E-state index in [2.05, 4.69) is 15.8 Å². The van der Waals surface area contributed by atoms with Gasteiger partial charge in [0.05, 0.1) is 5.71 Å². The van der Waals surface area contributed by atoms with Crippen molar-refractivity contribution >= 4 is 23.2 Å². The Morgan fingerprint density at radius 2 is 1.60 bits per heavy atom. The van der Waals surface area contributed by atoms with Crippen molar-refractivity contribution in [1.82, 2.24) is 5.43 Å². The third-order valence-electron chi connectivity index (χ3n) is 3.91. The number of anilines is 1. The maximum absolute atomic E-state index is 11.9. The molecular formula is C20H23N3O2. The van der Waals surface area contributed by atoms with Gasteiger partial charge in [-0.05, 0) is 49.6 Å². The molecule has 0 saturated heterocycles. The van der Waals surface area contributed by atoms with Gasteiger partial charge in [0.1, 0.15) is 0 Å². The van der Waals surface area contributed by atoms with Crippen LogP contribution >= 0.6 is 0 Å². The normalized spacial score (nSPS) is 11.1. The molecule has 0 saturated carbocycles. The average Bonchev–Trinajstić information content (AvgIpc) is 2.61. The van der Waals surface area contributed by atoms with Gasteiger partial charge in [0.25, 0.3) is 0 Å². The van der Waals surface area contributed by atoms with Gasteiger partial charge >= 0.3 is 0 Å². The lowest BCUT2D eigenvalue weighted by molar-refractivity contribution is -0.124. The van der Waals surface area contributed by atoms with Crippen LogP contribution in [0.15, 0.2) is 53.6 Å². The van der Waals surface area contributed by atoms with Gasteiger partial charge in [0.15, 0.2) is 0 Å². The van der Waals surface area contributed by atoms with Crippen LogP contribution in [-0.2, 0) is 9.59 Å². The van der Waals surface area contributed by atoms with Crippen molar-refractivity contribution in [3.63, 3.8) is 0 Å². The van der Waals surface area contributed by atoms with Crippen molar-refractivity contribution in [2.75, 3.05) is 5.32 Å². The Morgan fingerprint density at radius 3 is 2.28 bits per heavy atom. The molecule has 0 fully saturated rings. The fourth-order valence-electron chi connectivity index (χ4n) is 2.22. The number of nitrogens with zero attached hydrogens (tertiary/aromatic N) is 1. The van der Waals surface area contributed by atoms with Crippen molar-refractivity contribution in [3.05, 3.63) is 65.2 Å². The van der Waals surface area contributed by atoms with Crippen LogP contribution < -0.4 is 10.7 Å².